The molecule has 1 atom stereocenters. The number of benzene rings is 1. The first-order valence-electron chi connectivity index (χ1n) is 5.26. The number of amides is 1. The predicted octanol–water partition coefficient (Wildman–Crippen LogP) is 1.16. The van der Waals surface area contributed by atoms with E-state index in [-0.39, 0.29) is 5.91 Å². The van der Waals surface area contributed by atoms with Crippen molar-refractivity contribution in [1.29, 1.82) is 0 Å². The van der Waals surface area contributed by atoms with E-state index < -0.39 is 12.0 Å². The number of carboxylic acids is 1. The van der Waals surface area contributed by atoms with E-state index in [0.29, 0.717) is 18.5 Å². The zero-order chi connectivity index (χ0) is 11.7. The first-order chi connectivity index (χ1) is 7.65. The van der Waals surface area contributed by atoms with Gasteiger partial charge in [-0.25, -0.2) is 4.79 Å². The predicted molar refractivity (Wildman–Crippen MR) is 58.3 cm³/mol. The van der Waals surface area contributed by atoms with Gasteiger partial charge in [0.1, 0.15) is 6.04 Å². The first kappa shape index (κ1) is 10.7. The number of fused-ring (bicyclic) bond motifs is 1. The molecule has 4 nitrogen and oxygen atoms in total. The highest BCUT2D eigenvalue weighted by Gasteiger charge is 2.35. The summed E-state index contributed by atoms with van der Waals surface area (Å²) >= 11 is 0. The molecule has 0 saturated carbocycles. The van der Waals surface area contributed by atoms with Gasteiger partial charge in [0.25, 0.3) is 5.91 Å². The minimum absolute atomic E-state index is 0.184. The molecule has 0 bridgehead atoms. The van der Waals surface area contributed by atoms with Crippen LogP contribution in [0.1, 0.15) is 22.8 Å². The van der Waals surface area contributed by atoms with Crippen LogP contribution in [0, 0.1) is 0 Å². The van der Waals surface area contributed by atoms with E-state index in [4.69, 9.17) is 5.11 Å². The van der Waals surface area contributed by atoms with E-state index in [9.17, 15) is 9.59 Å². The largest absolute Gasteiger partial charge is 0.480 e. The lowest BCUT2D eigenvalue weighted by molar-refractivity contribution is -0.142. The lowest BCUT2D eigenvalue weighted by Gasteiger charge is -2.33. The molecule has 1 amide bonds. The van der Waals surface area contributed by atoms with Crippen molar-refractivity contribution in [3.05, 3.63) is 35.4 Å². The fourth-order valence-electron chi connectivity index (χ4n) is 2.11. The van der Waals surface area contributed by atoms with Crippen LogP contribution in [0.25, 0.3) is 0 Å². The third-order valence-electron chi connectivity index (χ3n) is 2.92. The van der Waals surface area contributed by atoms with Gasteiger partial charge >= 0.3 is 5.97 Å². The van der Waals surface area contributed by atoms with E-state index in [0.717, 1.165) is 5.56 Å². The van der Waals surface area contributed by atoms with Gasteiger partial charge in [-0.3, -0.25) is 4.79 Å². The number of hydrogen-bond donors (Lipinski definition) is 1. The molecule has 0 aliphatic carbocycles. The number of rotatable bonds is 2. The van der Waals surface area contributed by atoms with Gasteiger partial charge in [-0.1, -0.05) is 18.2 Å². The SMILES string of the molecule is CCN1C(=O)c2ccccc2CC1C(=O)O. The molecule has 16 heavy (non-hydrogen) atoms. The molecule has 1 aromatic carbocycles. The van der Waals surface area contributed by atoms with Crippen LogP contribution < -0.4 is 0 Å². The van der Waals surface area contributed by atoms with Crippen molar-refractivity contribution in [3.8, 4) is 0 Å². The van der Waals surface area contributed by atoms with E-state index in [1.165, 1.54) is 4.90 Å². The molecule has 1 unspecified atom stereocenters. The molecule has 1 heterocycles. The van der Waals surface area contributed by atoms with Crippen molar-refractivity contribution in [2.75, 3.05) is 6.54 Å². The molecule has 2 rings (SSSR count). The third-order valence-corrected chi connectivity index (χ3v) is 2.92. The summed E-state index contributed by atoms with van der Waals surface area (Å²) in [5, 5.41) is 9.09. The number of carbonyl (C=O) groups excluding carboxylic acids is 1. The second-order valence-electron chi connectivity index (χ2n) is 3.81. The Hall–Kier alpha value is -1.84. The maximum atomic E-state index is 12.0. The molecule has 1 aliphatic rings. The Balaban J connectivity index is 2.45. The maximum Gasteiger partial charge on any atom is 0.326 e. The normalized spacial score (nSPS) is 19.4. The van der Waals surface area contributed by atoms with Gasteiger partial charge in [0.05, 0.1) is 0 Å². The molecule has 84 valence electrons. The summed E-state index contributed by atoms with van der Waals surface area (Å²) in [6, 6.07) is 6.46. The van der Waals surface area contributed by atoms with Crippen molar-refractivity contribution < 1.29 is 14.7 Å². The van der Waals surface area contributed by atoms with Crippen LogP contribution in [-0.2, 0) is 11.2 Å². The smallest absolute Gasteiger partial charge is 0.326 e. The van der Waals surface area contributed by atoms with Crippen LogP contribution in [0.15, 0.2) is 24.3 Å². The van der Waals surface area contributed by atoms with Crippen molar-refractivity contribution >= 4 is 11.9 Å². The maximum absolute atomic E-state index is 12.0. The Labute approximate surface area is 93.5 Å². The van der Waals surface area contributed by atoms with Crippen LogP contribution in [0.2, 0.25) is 0 Å². The molecule has 1 aromatic rings. The lowest BCUT2D eigenvalue weighted by Crippen LogP contribution is -2.49. The van der Waals surface area contributed by atoms with Crippen molar-refractivity contribution in [2.45, 2.75) is 19.4 Å². The second-order valence-corrected chi connectivity index (χ2v) is 3.81. The molecule has 0 aromatic heterocycles. The van der Waals surface area contributed by atoms with Gasteiger partial charge < -0.3 is 10.0 Å². The number of nitrogens with zero attached hydrogens (tertiary/aromatic N) is 1. The lowest BCUT2D eigenvalue weighted by atomic mass is 9.93. The number of carboxylic acid groups (broad SMARTS) is 1. The Bertz CT molecular complexity index is 442. The first-order valence-corrected chi connectivity index (χ1v) is 5.26. The van der Waals surface area contributed by atoms with Crippen LogP contribution in [0.4, 0.5) is 0 Å². The van der Waals surface area contributed by atoms with E-state index in [1.54, 1.807) is 19.1 Å². The van der Waals surface area contributed by atoms with Crippen LogP contribution in [0.3, 0.4) is 0 Å². The molecular formula is C12H13NO3. The van der Waals surface area contributed by atoms with Gasteiger partial charge in [-0.2, -0.15) is 0 Å². The molecule has 0 spiro atoms. The molecule has 0 saturated heterocycles. The summed E-state index contributed by atoms with van der Waals surface area (Å²) < 4.78 is 0. The van der Waals surface area contributed by atoms with E-state index in [1.807, 2.05) is 12.1 Å². The standard InChI is InChI=1S/C12H13NO3/c1-2-13-10(12(15)16)7-8-5-3-4-6-9(8)11(13)14/h3-6,10H,2,7H2,1H3,(H,15,16). The minimum Gasteiger partial charge on any atom is -0.480 e. The summed E-state index contributed by atoms with van der Waals surface area (Å²) in [5.74, 6) is -1.12. The average molecular weight is 219 g/mol. The summed E-state index contributed by atoms with van der Waals surface area (Å²) in [6.07, 6.45) is 0.394. The Morgan fingerprint density at radius 3 is 2.81 bits per heavy atom. The van der Waals surface area contributed by atoms with Crippen molar-refractivity contribution in [1.82, 2.24) is 4.90 Å². The third kappa shape index (κ3) is 1.56. The zero-order valence-electron chi connectivity index (χ0n) is 9.01. The number of likely N-dealkylation sites (N-methyl/N-ethyl adjacent to an activating group) is 1. The highest BCUT2D eigenvalue weighted by molar-refractivity contribution is 5.99. The average Bonchev–Trinajstić information content (AvgIpc) is 2.29. The fourth-order valence-corrected chi connectivity index (χ4v) is 2.11. The van der Waals surface area contributed by atoms with Gasteiger partial charge in [0.15, 0.2) is 0 Å². The second kappa shape index (κ2) is 3.96. The van der Waals surface area contributed by atoms with E-state index in [2.05, 4.69) is 0 Å². The van der Waals surface area contributed by atoms with Crippen molar-refractivity contribution in [2.24, 2.45) is 0 Å². The summed E-state index contributed by atoms with van der Waals surface area (Å²) in [7, 11) is 0. The molecule has 4 heteroatoms. The van der Waals surface area contributed by atoms with Gasteiger partial charge in [0.2, 0.25) is 0 Å². The van der Waals surface area contributed by atoms with Crippen LogP contribution >= 0.6 is 0 Å². The van der Waals surface area contributed by atoms with Crippen LogP contribution in [-0.4, -0.2) is 34.5 Å². The monoisotopic (exact) mass is 219 g/mol. The molecule has 0 fully saturated rings. The number of hydrogen-bond acceptors (Lipinski definition) is 2. The molecule has 0 radical (unpaired) electrons. The van der Waals surface area contributed by atoms with Crippen LogP contribution in [0.5, 0.6) is 0 Å². The quantitative estimate of drug-likeness (QED) is 0.812. The number of carbonyl (C=O) groups is 2. The highest BCUT2D eigenvalue weighted by Crippen LogP contribution is 2.23. The molecule has 1 N–H and O–H groups in total. The minimum atomic E-state index is -0.940. The van der Waals surface area contributed by atoms with Gasteiger partial charge in [-0.15, -0.1) is 0 Å². The Kier molecular flexibility index (Phi) is 2.64. The van der Waals surface area contributed by atoms with Gasteiger partial charge in [0, 0.05) is 18.5 Å². The Morgan fingerprint density at radius 2 is 2.19 bits per heavy atom. The summed E-state index contributed by atoms with van der Waals surface area (Å²) in [5.41, 5.74) is 1.45. The highest BCUT2D eigenvalue weighted by atomic mass is 16.4. The van der Waals surface area contributed by atoms with E-state index >= 15 is 0 Å². The Morgan fingerprint density at radius 1 is 1.50 bits per heavy atom. The van der Waals surface area contributed by atoms with Crippen molar-refractivity contribution in [3.63, 3.8) is 0 Å². The summed E-state index contributed by atoms with van der Waals surface area (Å²) in [6.45, 7) is 2.21. The number of aliphatic carboxylic acids is 1. The summed E-state index contributed by atoms with van der Waals surface area (Å²) in [4.78, 5) is 24.5. The topological polar surface area (TPSA) is 57.6 Å². The zero-order valence-corrected chi connectivity index (χ0v) is 9.01. The fraction of sp³-hybridized carbons (Fsp3) is 0.333. The molecular weight excluding hydrogens is 206 g/mol. The van der Waals surface area contributed by atoms with Gasteiger partial charge in [-0.05, 0) is 18.6 Å². The molecule has 1 aliphatic heterocycles.